The van der Waals surface area contributed by atoms with Gasteiger partial charge in [0.2, 0.25) is 5.91 Å². The van der Waals surface area contributed by atoms with Crippen molar-refractivity contribution >= 4 is 23.2 Å². The molecule has 0 aliphatic heterocycles. The summed E-state index contributed by atoms with van der Waals surface area (Å²) in [5.41, 5.74) is 1.22. The molecule has 0 aromatic heterocycles. The lowest BCUT2D eigenvalue weighted by Gasteiger charge is -2.06. The molecule has 0 saturated heterocycles. The molecule has 5 heteroatoms. The summed E-state index contributed by atoms with van der Waals surface area (Å²) in [5, 5.41) is 21.8. The highest BCUT2D eigenvalue weighted by atomic mass is 35.5. The van der Waals surface area contributed by atoms with Crippen LogP contribution in [0.15, 0.2) is 42.5 Å². The van der Waals surface area contributed by atoms with Gasteiger partial charge in [0.25, 0.3) is 0 Å². The Kier molecular flexibility index (Phi) is 3.92. The van der Waals surface area contributed by atoms with Crippen molar-refractivity contribution in [3.05, 3.63) is 53.1 Å². The molecule has 0 radical (unpaired) electrons. The van der Waals surface area contributed by atoms with E-state index in [0.29, 0.717) is 16.3 Å². The maximum Gasteiger partial charge on any atom is 0.228 e. The highest BCUT2D eigenvalue weighted by Gasteiger charge is 2.07. The number of hydrogen-bond acceptors (Lipinski definition) is 3. The first-order chi connectivity index (χ1) is 9.04. The molecule has 0 bridgehead atoms. The zero-order chi connectivity index (χ0) is 13.8. The molecule has 2 aromatic rings. The standard InChI is InChI=1S/C14H12ClNO3/c15-10-2-1-3-11(8-10)16-14(19)7-9-4-5-12(17)13(18)6-9/h1-6,8,17-18H,7H2,(H,16,19). The molecule has 0 aliphatic carbocycles. The van der Waals surface area contributed by atoms with Crippen LogP contribution in [0.2, 0.25) is 5.02 Å². The summed E-state index contributed by atoms with van der Waals surface area (Å²) < 4.78 is 0. The van der Waals surface area contributed by atoms with Crippen molar-refractivity contribution in [1.29, 1.82) is 0 Å². The van der Waals surface area contributed by atoms with Crippen LogP contribution in [0.5, 0.6) is 11.5 Å². The number of nitrogens with one attached hydrogen (secondary N) is 1. The molecule has 0 heterocycles. The molecule has 0 atom stereocenters. The highest BCUT2D eigenvalue weighted by molar-refractivity contribution is 6.30. The molecule has 2 rings (SSSR count). The van der Waals surface area contributed by atoms with Gasteiger partial charge in [-0.1, -0.05) is 23.7 Å². The Bertz CT molecular complexity index is 613. The topological polar surface area (TPSA) is 69.6 Å². The summed E-state index contributed by atoms with van der Waals surface area (Å²) in [6, 6.07) is 11.1. The molecule has 0 spiro atoms. The molecule has 4 nitrogen and oxygen atoms in total. The first kappa shape index (κ1) is 13.2. The van der Waals surface area contributed by atoms with Crippen LogP contribution in [0, 0.1) is 0 Å². The lowest BCUT2D eigenvalue weighted by Crippen LogP contribution is -2.14. The molecule has 0 fully saturated rings. The Hall–Kier alpha value is -2.20. The Labute approximate surface area is 115 Å². The third-order valence-electron chi connectivity index (χ3n) is 2.51. The lowest BCUT2D eigenvalue weighted by atomic mass is 10.1. The summed E-state index contributed by atoms with van der Waals surface area (Å²) >= 11 is 5.81. The Morgan fingerprint density at radius 1 is 1.11 bits per heavy atom. The third-order valence-corrected chi connectivity index (χ3v) is 2.75. The van der Waals surface area contributed by atoms with Gasteiger partial charge in [0.1, 0.15) is 0 Å². The summed E-state index contributed by atoms with van der Waals surface area (Å²) in [7, 11) is 0. The summed E-state index contributed by atoms with van der Waals surface area (Å²) in [4.78, 5) is 11.8. The van der Waals surface area contributed by atoms with Crippen LogP contribution in [0.4, 0.5) is 5.69 Å². The number of rotatable bonds is 3. The number of phenolic OH excluding ortho intramolecular Hbond substituents is 2. The second kappa shape index (κ2) is 5.63. The SMILES string of the molecule is O=C(Cc1ccc(O)c(O)c1)Nc1cccc(Cl)c1. The predicted molar refractivity (Wildman–Crippen MR) is 73.6 cm³/mol. The molecule has 0 aliphatic rings. The van der Waals surface area contributed by atoms with Gasteiger partial charge in [-0.3, -0.25) is 4.79 Å². The maximum atomic E-state index is 11.8. The van der Waals surface area contributed by atoms with E-state index in [9.17, 15) is 15.0 Å². The van der Waals surface area contributed by atoms with Crippen LogP contribution in [0.3, 0.4) is 0 Å². The molecule has 0 unspecified atom stereocenters. The second-order valence-corrected chi connectivity index (χ2v) is 4.49. The number of carbonyl (C=O) groups is 1. The molecule has 3 N–H and O–H groups in total. The summed E-state index contributed by atoms with van der Waals surface area (Å²) in [6.07, 6.45) is 0.0976. The van der Waals surface area contributed by atoms with E-state index in [-0.39, 0.29) is 23.8 Å². The number of anilines is 1. The Balaban J connectivity index is 2.03. The molecule has 19 heavy (non-hydrogen) atoms. The lowest BCUT2D eigenvalue weighted by molar-refractivity contribution is -0.115. The van der Waals surface area contributed by atoms with E-state index in [2.05, 4.69) is 5.32 Å². The van der Waals surface area contributed by atoms with E-state index < -0.39 is 0 Å². The first-order valence-corrected chi connectivity index (χ1v) is 5.98. The fourth-order valence-corrected chi connectivity index (χ4v) is 1.83. The smallest absolute Gasteiger partial charge is 0.228 e. The number of carbonyl (C=O) groups excluding carboxylic acids is 1. The highest BCUT2D eigenvalue weighted by Crippen LogP contribution is 2.25. The van der Waals surface area contributed by atoms with Crippen molar-refractivity contribution < 1.29 is 15.0 Å². The van der Waals surface area contributed by atoms with Crippen LogP contribution in [-0.2, 0) is 11.2 Å². The molecular weight excluding hydrogens is 266 g/mol. The number of phenols is 2. The van der Waals surface area contributed by atoms with Gasteiger partial charge in [-0.25, -0.2) is 0 Å². The minimum absolute atomic E-state index is 0.0976. The summed E-state index contributed by atoms with van der Waals surface area (Å²) in [5.74, 6) is -0.681. The van der Waals surface area contributed by atoms with E-state index in [4.69, 9.17) is 11.6 Å². The Morgan fingerprint density at radius 3 is 2.58 bits per heavy atom. The van der Waals surface area contributed by atoms with Crippen molar-refractivity contribution in [2.75, 3.05) is 5.32 Å². The van der Waals surface area contributed by atoms with Crippen molar-refractivity contribution in [2.24, 2.45) is 0 Å². The number of hydrogen-bond donors (Lipinski definition) is 3. The Morgan fingerprint density at radius 2 is 1.89 bits per heavy atom. The average Bonchev–Trinajstić information content (AvgIpc) is 2.34. The van der Waals surface area contributed by atoms with Crippen molar-refractivity contribution in [2.45, 2.75) is 6.42 Å². The fourth-order valence-electron chi connectivity index (χ4n) is 1.64. The molecule has 2 aromatic carbocycles. The van der Waals surface area contributed by atoms with Crippen molar-refractivity contribution in [3.63, 3.8) is 0 Å². The van der Waals surface area contributed by atoms with E-state index in [0.717, 1.165) is 0 Å². The monoisotopic (exact) mass is 277 g/mol. The minimum atomic E-state index is -0.243. The molecule has 0 saturated carbocycles. The molecule has 1 amide bonds. The van der Waals surface area contributed by atoms with E-state index in [1.807, 2.05) is 0 Å². The van der Waals surface area contributed by atoms with Gasteiger partial charge in [-0.15, -0.1) is 0 Å². The van der Waals surface area contributed by atoms with Gasteiger partial charge in [-0.2, -0.15) is 0 Å². The van der Waals surface area contributed by atoms with Crippen LogP contribution in [-0.4, -0.2) is 16.1 Å². The first-order valence-electron chi connectivity index (χ1n) is 5.61. The van der Waals surface area contributed by atoms with E-state index in [1.54, 1.807) is 30.3 Å². The largest absolute Gasteiger partial charge is 0.504 e. The van der Waals surface area contributed by atoms with E-state index >= 15 is 0 Å². The quantitative estimate of drug-likeness (QED) is 0.756. The van der Waals surface area contributed by atoms with Gasteiger partial charge in [0.05, 0.1) is 6.42 Å². The van der Waals surface area contributed by atoms with Gasteiger partial charge < -0.3 is 15.5 Å². The van der Waals surface area contributed by atoms with Crippen molar-refractivity contribution in [3.8, 4) is 11.5 Å². The average molecular weight is 278 g/mol. The third kappa shape index (κ3) is 3.63. The number of benzene rings is 2. The number of amides is 1. The van der Waals surface area contributed by atoms with Gasteiger partial charge in [0, 0.05) is 10.7 Å². The van der Waals surface area contributed by atoms with Crippen LogP contribution >= 0.6 is 11.6 Å². The zero-order valence-electron chi connectivity index (χ0n) is 9.93. The number of aromatic hydroxyl groups is 2. The normalized spacial score (nSPS) is 10.2. The summed E-state index contributed by atoms with van der Waals surface area (Å²) in [6.45, 7) is 0. The van der Waals surface area contributed by atoms with Gasteiger partial charge >= 0.3 is 0 Å². The second-order valence-electron chi connectivity index (χ2n) is 4.06. The maximum absolute atomic E-state index is 11.8. The van der Waals surface area contributed by atoms with Gasteiger partial charge in [0.15, 0.2) is 11.5 Å². The van der Waals surface area contributed by atoms with Crippen molar-refractivity contribution in [1.82, 2.24) is 0 Å². The molecular formula is C14H12ClNO3. The van der Waals surface area contributed by atoms with E-state index in [1.165, 1.54) is 12.1 Å². The predicted octanol–water partition coefficient (Wildman–Crippen LogP) is 2.93. The van der Waals surface area contributed by atoms with Gasteiger partial charge in [-0.05, 0) is 35.9 Å². The zero-order valence-corrected chi connectivity index (χ0v) is 10.7. The molecule has 98 valence electrons. The fraction of sp³-hybridized carbons (Fsp3) is 0.0714. The number of halogens is 1. The minimum Gasteiger partial charge on any atom is -0.504 e. The van der Waals surface area contributed by atoms with Crippen LogP contribution < -0.4 is 5.32 Å². The van der Waals surface area contributed by atoms with Crippen LogP contribution in [0.1, 0.15) is 5.56 Å². The van der Waals surface area contributed by atoms with Crippen LogP contribution in [0.25, 0.3) is 0 Å².